The minimum atomic E-state index is -0.537. The van der Waals surface area contributed by atoms with E-state index in [2.05, 4.69) is 6.58 Å². The fourth-order valence-electron chi connectivity index (χ4n) is 1.21. The summed E-state index contributed by atoms with van der Waals surface area (Å²) in [6, 6.07) is 4.01. The molecule has 0 amide bonds. The van der Waals surface area contributed by atoms with Crippen LogP contribution in [0.5, 0.6) is 5.75 Å². The average molecular weight is 235 g/mol. The SMILES string of the molecule is C=C(C)CCOc1cc(C=O)ccc1[N+](=O)[O-]. The number of carbonyl (C=O) groups excluding carboxylic acids is 1. The van der Waals surface area contributed by atoms with Gasteiger partial charge >= 0.3 is 5.69 Å². The van der Waals surface area contributed by atoms with Crippen molar-refractivity contribution in [2.45, 2.75) is 13.3 Å². The van der Waals surface area contributed by atoms with Crippen molar-refractivity contribution in [3.05, 3.63) is 46.0 Å². The number of rotatable bonds is 6. The summed E-state index contributed by atoms with van der Waals surface area (Å²) in [4.78, 5) is 20.8. The largest absolute Gasteiger partial charge is 0.486 e. The van der Waals surface area contributed by atoms with Crippen molar-refractivity contribution in [1.82, 2.24) is 0 Å². The summed E-state index contributed by atoms with van der Waals surface area (Å²) in [7, 11) is 0. The molecular weight excluding hydrogens is 222 g/mol. The second-order valence-electron chi connectivity index (χ2n) is 3.66. The summed E-state index contributed by atoms with van der Waals surface area (Å²) in [6.45, 7) is 5.86. The van der Waals surface area contributed by atoms with Crippen LogP contribution in [0.25, 0.3) is 0 Å². The number of benzene rings is 1. The summed E-state index contributed by atoms with van der Waals surface area (Å²) in [5.74, 6) is 0.112. The second kappa shape index (κ2) is 5.79. The van der Waals surface area contributed by atoms with Crippen molar-refractivity contribution in [2.75, 3.05) is 6.61 Å². The number of hydrogen-bond acceptors (Lipinski definition) is 4. The Kier molecular flexibility index (Phi) is 4.39. The van der Waals surface area contributed by atoms with Gasteiger partial charge in [0.05, 0.1) is 11.5 Å². The molecule has 0 bridgehead atoms. The third kappa shape index (κ3) is 3.71. The molecule has 0 saturated carbocycles. The molecule has 0 aromatic heterocycles. The van der Waals surface area contributed by atoms with Crippen LogP contribution in [-0.2, 0) is 0 Å². The summed E-state index contributed by atoms with van der Waals surface area (Å²) in [5, 5.41) is 10.7. The van der Waals surface area contributed by atoms with Gasteiger partial charge in [0.1, 0.15) is 6.29 Å². The smallest absolute Gasteiger partial charge is 0.310 e. The van der Waals surface area contributed by atoms with Gasteiger partial charge in [0.25, 0.3) is 0 Å². The van der Waals surface area contributed by atoms with Gasteiger partial charge in [-0.15, -0.1) is 6.58 Å². The van der Waals surface area contributed by atoms with Crippen LogP contribution < -0.4 is 4.74 Å². The monoisotopic (exact) mass is 235 g/mol. The van der Waals surface area contributed by atoms with Crippen molar-refractivity contribution >= 4 is 12.0 Å². The first-order valence-electron chi connectivity index (χ1n) is 5.05. The van der Waals surface area contributed by atoms with E-state index in [1.54, 1.807) is 0 Å². The maximum Gasteiger partial charge on any atom is 0.310 e. The van der Waals surface area contributed by atoms with E-state index in [1.165, 1.54) is 18.2 Å². The highest BCUT2D eigenvalue weighted by atomic mass is 16.6. The van der Waals surface area contributed by atoms with Gasteiger partial charge in [-0.1, -0.05) is 5.57 Å². The Labute approximate surface area is 98.9 Å². The van der Waals surface area contributed by atoms with E-state index >= 15 is 0 Å². The van der Waals surface area contributed by atoms with Gasteiger partial charge in [-0.2, -0.15) is 0 Å². The second-order valence-corrected chi connectivity index (χ2v) is 3.66. The third-order valence-electron chi connectivity index (χ3n) is 2.10. The zero-order valence-electron chi connectivity index (χ0n) is 9.51. The molecule has 0 heterocycles. The number of aldehydes is 1. The highest BCUT2D eigenvalue weighted by Gasteiger charge is 2.15. The number of hydrogen-bond donors (Lipinski definition) is 0. The van der Waals surface area contributed by atoms with E-state index in [0.717, 1.165) is 5.57 Å². The lowest BCUT2D eigenvalue weighted by Crippen LogP contribution is -2.01. The van der Waals surface area contributed by atoms with Crippen LogP contribution in [0.15, 0.2) is 30.4 Å². The molecule has 5 heteroatoms. The molecule has 1 rings (SSSR count). The van der Waals surface area contributed by atoms with Gasteiger partial charge in [-0.25, -0.2) is 0 Å². The number of nitro benzene ring substituents is 1. The maximum atomic E-state index is 10.7. The Morgan fingerprint density at radius 1 is 1.59 bits per heavy atom. The first-order valence-corrected chi connectivity index (χ1v) is 5.05. The topological polar surface area (TPSA) is 69.4 Å². The molecule has 0 unspecified atom stereocenters. The van der Waals surface area contributed by atoms with Crippen LogP contribution in [0.4, 0.5) is 5.69 Å². The standard InChI is InChI=1S/C12H13NO4/c1-9(2)5-6-17-12-7-10(8-14)3-4-11(12)13(15)16/h3-4,7-8H,1,5-6H2,2H3. The van der Waals surface area contributed by atoms with Crippen LogP contribution in [-0.4, -0.2) is 17.8 Å². The number of carbonyl (C=O) groups is 1. The fourth-order valence-corrected chi connectivity index (χ4v) is 1.21. The Morgan fingerprint density at radius 3 is 2.82 bits per heavy atom. The summed E-state index contributed by atoms with van der Waals surface area (Å²) < 4.78 is 5.29. The van der Waals surface area contributed by atoms with Crippen LogP contribution in [0.3, 0.4) is 0 Å². The molecule has 0 saturated heterocycles. The molecule has 0 aliphatic rings. The molecule has 0 atom stereocenters. The van der Waals surface area contributed by atoms with Crippen LogP contribution in [0, 0.1) is 10.1 Å². The first-order chi connectivity index (χ1) is 8.04. The van der Waals surface area contributed by atoms with Crippen LogP contribution >= 0.6 is 0 Å². The highest BCUT2D eigenvalue weighted by Crippen LogP contribution is 2.27. The number of nitrogens with zero attached hydrogens (tertiary/aromatic N) is 1. The molecule has 5 nitrogen and oxygen atoms in total. The van der Waals surface area contributed by atoms with E-state index < -0.39 is 4.92 Å². The van der Waals surface area contributed by atoms with Crippen LogP contribution in [0.1, 0.15) is 23.7 Å². The summed E-state index contributed by atoms with van der Waals surface area (Å²) in [6.07, 6.45) is 1.23. The van der Waals surface area contributed by atoms with Gasteiger partial charge < -0.3 is 4.74 Å². The highest BCUT2D eigenvalue weighted by molar-refractivity contribution is 5.76. The average Bonchev–Trinajstić information content (AvgIpc) is 2.28. The molecule has 0 radical (unpaired) electrons. The van der Waals surface area contributed by atoms with Gasteiger partial charge in [-0.05, 0) is 19.1 Å². The Morgan fingerprint density at radius 2 is 2.29 bits per heavy atom. The van der Waals surface area contributed by atoms with Crippen LogP contribution in [0.2, 0.25) is 0 Å². The predicted molar refractivity (Wildman–Crippen MR) is 63.4 cm³/mol. The molecule has 1 aromatic rings. The van der Waals surface area contributed by atoms with E-state index in [9.17, 15) is 14.9 Å². The summed E-state index contributed by atoms with van der Waals surface area (Å²) >= 11 is 0. The third-order valence-corrected chi connectivity index (χ3v) is 2.10. The molecule has 1 aromatic carbocycles. The molecule has 0 aliphatic heterocycles. The molecule has 0 aliphatic carbocycles. The Hall–Kier alpha value is -2.17. The van der Waals surface area contributed by atoms with Crippen molar-refractivity contribution < 1.29 is 14.5 Å². The maximum absolute atomic E-state index is 10.7. The van der Waals surface area contributed by atoms with Crippen molar-refractivity contribution in [1.29, 1.82) is 0 Å². The minimum absolute atomic E-state index is 0.112. The van der Waals surface area contributed by atoms with Gasteiger partial charge in [0.15, 0.2) is 5.75 Å². The zero-order chi connectivity index (χ0) is 12.8. The minimum Gasteiger partial charge on any atom is -0.486 e. The lowest BCUT2D eigenvalue weighted by Gasteiger charge is -2.06. The number of nitro groups is 1. The van der Waals surface area contributed by atoms with Gasteiger partial charge in [-0.3, -0.25) is 14.9 Å². The lowest BCUT2D eigenvalue weighted by molar-refractivity contribution is -0.385. The summed E-state index contributed by atoms with van der Waals surface area (Å²) in [5.41, 5.74) is 1.14. The van der Waals surface area contributed by atoms with Crippen molar-refractivity contribution in [3.63, 3.8) is 0 Å². The molecule has 17 heavy (non-hydrogen) atoms. The van der Waals surface area contributed by atoms with E-state index in [1.807, 2.05) is 6.92 Å². The van der Waals surface area contributed by atoms with E-state index in [0.29, 0.717) is 24.9 Å². The van der Waals surface area contributed by atoms with Gasteiger partial charge in [0, 0.05) is 18.1 Å². The fraction of sp³-hybridized carbons (Fsp3) is 0.250. The van der Waals surface area contributed by atoms with E-state index in [4.69, 9.17) is 4.74 Å². The molecule has 90 valence electrons. The molecular formula is C12H13NO4. The Balaban J connectivity index is 2.89. The lowest BCUT2D eigenvalue weighted by atomic mass is 10.2. The number of ether oxygens (including phenoxy) is 1. The van der Waals surface area contributed by atoms with Crippen molar-refractivity contribution in [2.24, 2.45) is 0 Å². The van der Waals surface area contributed by atoms with E-state index in [-0.39, 0.29) is 11.4 Å². The normalized spacial score (nSPS) is 9.71. The first kappa shape index (κ1) is 12.9. The molecule has 0 fully saturated rings. The zero-order valence-corrected chi connectivity index (χ0v) is 9.51. The van der Waals surface area contributed by atoms with Crippen molar-refractivity contribution in [3.8, 4) is 5.75 Å². The molecule has 0 spiro atoms. The van der Waals surface area contributed by atoms with Gasteiger partial charge in [0.2, 0.25) is 0 Å². The molecule has 0 N–H and O–H groups in total. The quantitative estimate of drug-likeness (QED) is 0.329. The predicted octanol–water partition coefficient (Wildman–Crippen LogP) is 2.75. The Bertz CT molecular complexity index is 454.